The van der Waals surface area contributed by atoms with Gasteiger partial charge in [0, 0.05) is 12.6 Å². The third-order valence-corrected chi connectivity index (χ3v) is 3.56. The van der Waals surface area contributed by atoms with Gasteiger partial charge in [-0.05, 0) is 25.2 Å². The van der Waals surface area contributed by atoms with Crippen LogP contribution in [0.3, 0.4) is 0 Å². The van der Waals surface area contributed by atoms with Crippen LogP contribution in [0.25, 0.3) is 0 Å². The van der Waals surface area contributed by atoms with Crippen molar-refractivity contribution < 1.29 is 5.11 Å². The Kier molecular flexibility index (Phi) is 2.09. The summed E-state index contributed by atoms with van der Waals surface area (Å²) in [5, 5.41) is 8.88. The number of anilines is 1. The van der Waals surface area contributed by atoms with Crippen molar-refractivity contribution in [2.24, 2.45) is 5.92 Å². The van der Waals surface area contributed by atoms with Crippen molar-refractivity contribution in [2.45, 2.75) is 31.9 Å². The molecule has 1 aromatic heterocycles. The zero-order valence-corrected chi connectivity index (χ0v) is 8.63. The highest BCUT2D eigenvalue weighted by Crippen LogP contribution is 2.39. The van der Waals surface area contributed by atoms with Crippen molar-refractivity contribution in [2.75, 3.05) is 11.4 Å². The standard InChI is InChI=1S/C11H15N3O/c15-7-9-4-13-11(5-12-9)14-6-8-1-2-10(14)3-8/h4-5,8,10,15H,1-3,6-7H2. The second-order valence-corrected chi connectivity index (χ2v) is 4.51. The van der Waals surface area contributed by atoms with E-state index in [1.54, 1.807) is 12.4 Å². The predicted octanol–water partition coefficient (Wildman–Crippen LogP) is 0.958. The summed E-state index contributed by atoms with van der Waals surface area (Å²) in [6, 6.07) is 0.685. The third kappa shape index (κ3) is 1.49. The van der Waals surface area contributed by atoms with Crippen LogP contribution in [0.1, 0.15) is 25.0 Å². The molecule has 0 radical (unpaired) electrons. The van der Waals surface area contributed by atoms with Crippen molar-refractivity contribution in [3.8, 4) is 0 Å². The number of aliphatic hydroxyl groups is 1. The highest BCUT2D eigenvalue weighted by atomic mass is 16.3. The molecule has 0 amide bonds. The van der Waals surface area contributed by atoms with Crippen molar-refractivity contribution in [1.82, 2.24) is 9.97 Å². The fraction of sp³-hybridized carbons (Fsp3) is 0.636. The number of fused-ring (bicyclic) bond motifs is 2. The van der Waals surface area contributed by atoms with E-state index in [0.717, 1.165) is 18.3 Å². The average molecular weight is 205 g/mol. The maximum atomic E-state index is 8.88. The summed E-state index contributed by atoms with van der Waals surface area (Å²) < 4.78 is 0. The molecule has 1 aliphatic carbocycles. The maximum Gasteiger partial charge on any atom is 0.147 e. The van der Waals surface area contributed by atoms with E-state index < -0.39 is 0 Å². The minimum Gasteiger partial charge on any atom is -0.390 e. The first-order valence-electron chi connectivity index (χ1n) is 5.55. The maximum absolute atomic E-state index is 8.88. The lowest BCUT2D eigenvalue weighted by atomic mass is 10.1. The summed E-state index contributed by atoms with van der Waals surface area (Å²) in [5.41, 5.74) is 0.642. The van der Waals surface area contributed by atoms with E-state index in [-0.39, 0.29) is 6.61 Å². The number of hydrogen-bond acceptors (Lipinski definition) is 4. The Morgan fingerprint density at radius 3 is 2.80 bits per heavy atom. The van der Waals surface area contributed by atoms with Gasteiger partial charge < -0.3 is 10.0 Å². The minimum absolute atomic E-state index is 0.0284. The SMILES string of the molecule is OCc1cnc(N2CC3CCC2C3)cn1. The molecule has 1 saturated carbocycles. The molecular weight excluding hydrogens is 190 g/mol. The number of aromatic nitrogens is 2. The van der Waals surface area contributed by atoms with Gasteiger partial charge in [-0.15, -0.1) is 0 Å². The highest BCUT2D eigenvalue weighted by molar-refractivity contribution is 5.40. The van der Waals surface area contributed by atoms with E-state index in [9.17, 15) is 0 Å². The van der Waals surface area contributed by atoms with Gasteiger partial charge in [0.2, 0.25) is 0 Å². The van der Waals surface area contributed by atoms with Gasteiger partial charge in [0.05, 0.1) is 24.7 Å². The zero-order valence-electron chi connectivity index (χ0n) is 8.63. The van der Waals surface area contributed by atoms with Gasteiger partial charge in [-0.3, -0.25) is 4.98 Å². The van der Waals surface area contributed by atoms with Crippen LogP contribution in [0, 0.1) is 5.92 Å². The summed E-state index contributed by atoms with van der Waals surface area (Å²) in [6.07, 6.45) is 7.45. The van der Waals surface area contributed by atoms with E-state index >= 15 is 0 Å². The molecule has 2 unspecified atom stereocenters. The summed E-state index contributed by atoms with van der Waals surface area (Å²) in [7, 11) is 0. The third-order valence-electron chi connectivity index (χ3n) is 3.56. The molecule has 80 valence electrons. The van der Waals surface area contributed by atoms with Crippen molar-refractivity contribution >= 4 is 5.82 Å². The fourth-order valence-electron chi connectivity index (χ4n) is 2.78. The molecule has 1 N–H and O–H groups in total. The normalized spacial score (nSPS) is 28.7. The lowest BCUT2D eigenvalue weighted by Crippen LogP contribution is -2.32. The Hall–Kier alpha value is -1.16. The van der Waals surface area contributed by atoms with Gasteiger partial charge in [0.15, 0.2) is 0 Å². The summed E-state index contributed by atoms with van der Waals surface area (Å²) in [6.45, 7) is 1.11. The number of nitrogens with zero attached hydrogens (tertiary/aromatic N) is 3. The largest absolute Gasteiger partial charge is 0.390 e. The molecule has 15 heavy (non-hydrogen) atoms. The minimum atomic E-state index is -0.0284. The smallest absolute Gasteiger partial charge is 0.147 e. The molecule has 4 heteroatoms. The Balaban J connectivity index is 1.81. The van der Waals surface area contributed by atoms with Crippen LogP contribution in [0.15, 0.2) is 12.4 Å². The molecule has 3 rings (SSSR count). The molecule has 2 bridgehead atoms. The predicted molar refractivity (Wildman–Crippen MR) is 56.4 cm³/mol. The Morgan fingerprint density at radius 1 is 1.33 bits per heavy atom. The molecule has 2 fully saturated rings. The van der Waals surface area contributed by atoms with Crippen LogP contribution in [0.2, 0.25) is 0 Å². The second kappa shape index (κ2) is 3.45. The lowest BCUT2D eigenvalue weighted by molar-refractivity contribution is 0.276. The Bertz CT molecular complexity index is 351. The number of rotatable bonds is 2. The van der Waals surface area contributed by atoms with E-state index in [1.165, 1.54) is 19.3 Å². The number of hydrogen-bond donors (Lipinski definition) is 1. The van der Waals surface area contributed by atoms with Crippen LogP contribution in [0.5, 0.6) is 0 Å². The number of piperidine rings is 1. The first-order valence-corrected chi connectivity index (χ1v) is 5.55. The molecule has 1 aliphatic heterocycles. The van der Waals surface area contributed by atoms with E-state index in [4.69, 9.17) is 5.11 Å². The molecule has 2 aliphatic rings. The molecule has 0 aromatic carbocycles. The Labute approximate surface area is 89.0 Å². The summed E-state index contributed by atoms with van der Waals surface area (Å²) in [4.78, 5) is 10.9. The van der Waals surface area contributed by atoms with Crippen LogP contribution < -0.4 is 4.90 Å². The van der Waals surface area contributed by atoms with E-state index in [1.807, 2.05) is 0 Å². The van der Waals surface area contributed by atoms with Gasteiger partial charge in [-0.25, -0.2) is 4.98 Å². The van der Waals surface area contributed by atoms with E-state index in [2.05, 4.69) is 14.9 Å². The highest BCUT2D eigenvalue weighted by Gasteiger charge is 2.38. The first-order chi connectivity index (χ1) is 7.36. The second-order valence-electron chi connectivity index (χ2n) is 4.51. The molecule has 2 atom stereocenters. The molecule has 4 nitrogen and oxygen atoms in total. The van der Waals surface area contributed by atoms with Gasteiger partial charge in [0.1, 0.15) is 5.82 Å². The van der Waals surface area contributed by atoms with Crippen molar-refractivity contribution in [3.63, 3.8) is 0 Å². The average Bonchev–Trinajstić information content (AvgIpc) is 2.91. The Morgan fingerprint density at radius 2 is 2.27 bits per heavy atom. The van der Waals surface area contributed by atoms with Crippen LogP contribution in [-0.2, 0) is 6.61 Å². The summed E-state index contributed by atoms with van der Waals surface area (Å²) >= 11 is 0. The van der Waals surface area contributed by atoms with Crippen LogP contribution >= 0.6 is 0 Å². The van der Waals surface area contributed by atoms with Gasteiger partial charge >= 0.3 is 0 Å². The molecule has 1 saturated heterocycles. The first kappa shape index (κ1) is 9.09. The molecule has 1 aromatic rings. The van der Waals surface area contributed by atoms with Gasteiger partial charge in [-0.2, -0.15) is 0 Å². The van der Waals surface area contributed by atoms with E-state index in [0.29, 0.717) is 11.7 Å². The fourth-order valence-corrected chi connectivity index (χ4v) is 2.78. The van der Waals surface area contributed by atoms with Crippen molar-refractivity contribution in [1.29, 1.82) is 0 Å². The molecule has 2 heterocycles. The van der Waals surface area contributed by atoms with Gasteiger partial charge in [-0.1, -0.05) is 0 Å². The summed E-state index contributed by atoms with van der Waals surface area (Å²) in [5.74, 6) is 1.84. The quantitative estimate of drug-likeness (QED) is 0.781. The van der Waals surface area contributed by atoms with Crippen molar-refractivity contribution in [3.05, 3.63) is 18.1 Å². The zero-order chi connectivity index (χ0) is 10.3. The van der Waals surface area contributed by atoms with Crippen LogP contribution in [-0.4, -0.2) is 27.7 Å². The van der Waals surface area contributed by atoms with Crippen LogP contribution in [0.4, 0.5) is 5.82 Å². The monoisotopic (exact) mass is 205 g/mol. The molecular formula is C11H15N3O. The number of aliphatic hydroxyl groups excluding tert-OH is 1. The lowest BCUT2D eigenvalue weighted by Gasteiger charge is -2.27. The van der Waals surface area contributed by atoms with Gasteiger partial charge in [0.25, 0.3) is 0 Å². The topological polar surface area (TPSA) is 49.3 Å². The molecule has 0 spiro atoms.